The van der Waals surface area contributed by atoms with Crippen LogP contribution in [0, 0.1) is 0 Å². The smallest absolute Gasteiger partial charge is 0.151 e. The third-order valence-electron chi connectivity index (χ3n) is 13.0. The van der Waals surface area contributed by atoms with Crippen molar-refractivity contribution in [3.05, 3.63) is 216 Å². The third kappa shape index (κ3) is 4.70. The van der Waals surface area contributed by atoms with Crippen LogP contribution in [0.25, 0.3) is 108 Å². The quantitative estimate of drug-likeness (QED) is 0.177. The minimum absolute atomic E-state index is 0.916. The molecule has 0 aliphatic heterocycles. The van der Waals surface area contributed by atoms with Crippen LogP contribution in [0.15, 0.2) is 200 Å². The van der Waals surface area contributed by atoms with E-state index in [1.54, 1.807) is 11.3 Å². The zero-order valence-corrected chi connectivity index (χ0v) is 32.7. The zero-order chi connectivity index (χ0) is 38.8. The Morgan fingerprint density at radius 1 is 0.339 bits per heavy atom. The third-order valence-corrected chi connectivity index (χ3v) is 14.3. The molecule has 1 aromatic heterocycles. The monoisotopic (exact) mass is 766 g/mol. The Hall–Kier alpha value is -7.10. The van der Waals surface area contributed by atoms with Gasteiger partial charge in [-0.15, -0.1) is 11.3 Å². The largest absolute Gasteiger partial charge is 0.375 e. The number of thiophene rings is 1. The van der Waals surface area contributed by atoms with Crippen LogP contribution < -0.4 is 0 Å². The number of hydrogen-bond donors (Lipinski definition) is 1. The fourth-order valence-electron chi connectivity index (χ4n) is 10.2. The topological polar surface area (TPSA) is 20.2 Å². The Kier molecular flexibility index (Phi) is 6.81. The zero-order valence-electron chi connectivity index (χ0n) is 31.9. The second kappa shape index (κ2) is 12.2. The van der Waals surface area contributed by atoms with Crippen molar-refractivity contribution in [2.24, 2.45) is 0 Å². The molecular formula is C57H34OS. The summed E-state index contributed by atoms with van der Waals surface area (Å²) in [4.78, 5) is 0.944. The van der Waals surface area contributed by atoms with E-state index in [1.807, 2.05) is 0 Å². The molecule has 12 aromatic rings. The van der Waals surface area contributed by atoms with Crippen LogP contribution in [-0.4, -0.2) is 5.11 Å². The van der Waals surface area contributed by atoms with E-state index in [9.17, 15) is 5.11 Å². The van der Waals surface area contributed by atoms with Crippen LogP contribution in [0.1, 0.15) is 16.0 Å². The number of rotatable bonds is 4. The molecule has 0 radical (unpaired) electrons. The average molecular weight is 767 g/mol. The van der Waals surface area contributed by atoms with Gasteiger partial charge in [0.1, 0.15) is 0 Å². The van der Waals surface area contributed by atoms with Crippen LogP contribution in [0.5, 0.6) is 0 Å². The summed E-state index contributed by atoms with van der Waals surface area (Å²) >= 11 is 1.72. The molecule has 0 amide bonds. The number of benzene rings is 11. The molecule has 59 heavy (non-hydrogen) atoms. The molecule has 1 heterocycles. The molecule has 0 unspecified atom stereocenters. The van der Waals surface area contributed by atoms with Gasteiger partial charge in [-0.05, 0) is 123 Å². The summed E-state index contributed by atoms with van der Waals surface area (Å²) in [6.07, 6.45) is 0. The van der Waals surface area contributed by atoms with Crippen molar-refractivity contribution in [1.82, 2.24) is 0 Å². The second-order valence-corrected chi connectivity index (χ2v) is 17.2. The molecule has 0 fully saturated rings. The van der Waals surface area contributed by atoms with E-state index in [4.69, 9.17) is 0 Å². The van der Waals surface area contributed by atoms with Crippen molar-refractivity contribution < 1.29 is 5.11 Å². The SMILES string of the molecule is OC1(c2sc3ccccc3c2-c2ccc3ccc4cccc5ccc2c3c45)c2cc(-c3ccc4ccccc4c3)ccc2-c2ccc(-c3ccc4ccccc4c3)cc21. The van der Waals surface area contributed by atoms with Crippen LogP contribution in [-0.2, 0) is 5.60 Å². The molecule has 0 atom stereocenters. The molecule has 2 heteroatoms. The summed E-state index contributed by atoms with van der Waals surface area (Å²) in [5.41, 5.74) is 9.18. The van der Waals surface area contributed by atoms with Crippen molar-refractivity contribution >= 4 is 75.3 Å². The van der Waals surface area contributed by atoms with Gasteiger partial charge in [-0.2, -0.15) is 0 Å². The van der Waals surface area contributed by atoms with E-state index in [2.05, 4.69) is 200 Å². The number of hydrogen-bond acceptors (Lipinski definition) is 2. The van der Waals surface area contributed by atoms with Crippen molar-refractivity contribution in [3.8, 4) is 44.5 Å². The first-order chi connectivity index (χ1) is 29.1. The van der Waals surface area contributed by atoms with E-state index < -0.39 is 5.60 Å². The molecule has 274 valence electrons. The fraction of sp³-hybridized carbons (Fsp3) is 0.0175. The average Bonchev–Trinajstić information content (AvgIpc) is 3.81. The van der Waals surface area contributed by atoms with Crippen molar-refractivity contribution in [3.63, 3.8) is 0 Å². The van der Waals surface area contributed by atoms with E-state index in [0.29, 0.717) is 0 Å². The molecule has 1 nitrogen and oxygen atoms in total. The van der Waals surface area contributed by atoms with Gasteiger partial charge in [-0.1, -0.05) is 170 Å². The van der Waals surface area contributed by atoms with Gasteiger partial charge in [0.15, 0.2) is 5.60 Å². The molecule has 13 rings (SSSR count). The van der Waals surface area contributed by atoms with Crippen molar-refractivity contribution in [1.29, 1.82) is 0 Å². The summed E-state index contributed by atoms with van der Waals surface area (Å²) in [7, 11) is 0. The molecule has 0 saturated heterocycles. The predicted octanol–water partition coefficient (Wildman–Crippen LogP) is 15.4. The molecule has 0 saturated carbocycles. The summed E-state index contributed by atoms with van der Waals surface area (Å²) in [6, 6.07) is 72.7. The molecule has 1 N–H and O–H groups in total. The van der Waals surface area contributed by atoms with E-state index in [0.717, 1.165) is 70.6 Å². The van der Waals surface area contributed by atoms with Gasteiger partial charge in [-0.3, -0.25) is 0 Å². The lowest BCUT2D eigenvalue weighted by Gasteiger charge is -2.28. The Balaban J connectivity index is 1.11. The standard InChI is InChI=1S/C57H34OS/c58-57(56-55(49-14-5-6-15-52(49)59-56)48-29-23-38-19-18-36-12-7-13-37-22-28-47(48)54(38)53(36)37)50-32-43(41-20-16-34-8-1-3-10-39(34)30-41)24-26-45(50)46-27-25-44(33-51(46)57)42-21-17-35-9-2-4-11-40(35)31-42/h1-33,58H. The molecule has 0 spiro atoms. The fourth-order valence-corrected chi connectivity index (χ4v) is 11.5. The molecule has 1 aliphatic rings. The highest BCUT2D eigenvalue weighted by Gasteiger charge is 2.47. The van der Waals surface area contributed by atoms with Crippen molar-refractivity contribution in [2.75, 3.05) is 0 Å². The van der Waals surface area contributed by atoms with Crippen LogP contribution in [0.4, 0.5) is 0 Å². The van der Waals surface area contributed by atoms with Crippen LogP contribution >= 0.6 is 11.3 Å². The Morgan fingerprint density at radius 2 is 0.797 bits per heavy atom. The first kappa shape index (κ1) is 32.9. The highest BCUT2D eigenvalue weighted by molar-refractivity contribution is 7.20. The lowest BCUT2D eigenvalue weighted by molar-refractivity contribution is 0.135. The minimum Gasteiger partial charge on any atom is -0.375 e. The van der Waals surface area contributed by atoms with E-state index in [-0.39, 0.29) is 0 Å². The first-order valence-electron chi connectivity index (χ1n) is 20.3. The number of fused-ring (bicyclic) bond motifs is 6. The van der Waals surface area contributed by atoms with E-state index >= 15 is 0 Å². The summed E-state index contributed by atoms with van der Waals surface area (Å²) in [6.45, 7) is 0. The lowest BCUT2D eigenvalue weighted by atomic mass is 9.82. The summed E-state index contributed by atoms with van der Waals surface area (Å²) in [5.74, 6) is 0. The number of aliphatic hydroxyl groups is 1. The Morgan fingerprint density at radius 3 is 1.44 bits per heavy atom. The minimum atomic E-state index is -1.45. The predicted molar refractivity (Wildman–Crippen MR) is 251 cm³/mol. The lowest BCUT2D eigenvalue weighted by Crippen LogP contribution is -2.26. The van der Waals surface area contributed by atoms with E-state index in [1.165, 1.54) is 53.9 Å². The Labute approximate surface area is 345 Å². The highest BCUT2D eigenvalue weighted by Crippen LogP contribution is 2.58. The van der Waals surface area contributed by atoms with Gasteiger partial charge >= 0.3 is 0 Å². The van der Waals surface area contributed by atoms with Gasteiger partial charge in [-0.25, -0.2) is 0 Å². The normalized spacial score (nSPS) is 13.3. The molecule has 0 bridgehead atoms. The summed E-state index contributed by atoms with van der Waals surface area (Å²) in [5, 5.41) is 27.7. The maximum Gasteiger partial charge on any atom is 0.151 e. The summed E-state index contributed by atoms with van der Waals surface area (Å²) < 4.78 is 1.16. The van der Waals surface area contributed by atoms with Gasteiger partial charge in [0, 0.05) is 26.8 Å². The van der Waals surface area contributed by atoms with Crippen LogP contribution in [0.2, 0.25) is 0 Å². The maximum absolute atomic E-state index is 14.2. The highest BCUT2D eigenvalue weighted by atomic mass is 32.1. The molecule has 11 aromatic carbocycles. The Bertz CT molecular complexity index is 3560. The van der Waals surface area contributed by atoms with Crippen molar-refractivity contribution in [2.45, 2.75) is 5.60 Å². The first-order valence-corrected chi connectivity index (χ1v) is 21.1. The maximum atomic E-state index is 14.2. The van der Waals surface area contributed by atoms with Crippen LogP contribution in [0.3, 0.4) is 0 Å². The second-order valence-electron chi connectivity index (χ2n) is 16.1. The van der Waals surface area contributed by atoms with Gasteiger partial charge in [0.25, 0.3) is 0 Å². The molecule has 1 aliphatic carbocycles. The van der Waals surface area contributed by atoms with Gasteiger partial charge < -0.3 is 5.11 Å². The molecular weight excluding hydrogens is 733 g/mol. The van der Waals surface area contributed by atoms with Gasteiger partial charge in [0.2, 0.25) is 0 Å². The van der Waals surface area contributed by atoms with Gasteiger partial charge in [0.05, 0.1) is 4.88 Å².